The fourth-order valence-electron chi connectivity index (χ4n) is 8.08. The SMILES string of the molecule is c1ccc2c(-c3cc(-n4c5ccccc5c5ccccc54)cc(-n4c5ccccc5c5ccccc54)c3)c3c(nc2c1)sc1ccccc13. The number of para-hydroxylation sites is 5. The highest BCUT2D eigenvalue weighted by atomic mass is 32.1. The molecule has 11 rings (SSSR count). The molecule has 0 aliphatic heterocycles. The van der Waals surface area contributed by atoms with Crippen LogP contribution in [0.1, 0.15) is 0 Å². The van der Waals surface area contributed by atoms with Crippen molar-refractivity contribution in [3.8, 4) is 22.5 Å². The summed E-state index contributed by atoms with van der Waals surface area (Å²) >= 11 is 1.78. The van der Waals surface area contributed by atoms with Crippen LogP contribution in [-0.4, -0.2) is 14.1 Å². The van der Waals surface area contributed by atoms with E-state index in [0.717, 1.165) is 27.1 Å². The van der Waals surface area contributed by atoms with E-state index in [1.165, 1.54) is 70.2 Å². The minimum absolute atomic E-state index is 1.01. The summed E-state index contributed by atoms with van der Waals surface area (Å²) in [5, 5.41) is 8.63. The molecule has 0 saturated heterocycles. The van der Waals surface area contributed by atoms with E-state index >= 15 is 0 Å². The number of fused-ring (bicyclic) bond motifs is 10. The number of pyridine rings is 1. The molecule has 3 nitrogen and oxygen atoms in total. The zero-order chi connectivity index (χ0) is 32.1. The van der Waals surface area contributed by atoms with E-state index in [9.17, 15) is 0 Å². The molecule has 0 radical (unpaired) electrons. The number of hydrogen-bond acceptors (Lipinski definition) is 2. The predicted octanol–water partition coefficient (Wildman–Crippen LogP) is 12.5. The second-order valence-electron chi connectivity index (χ2n) is 12.8. The second-order valence-corrected chi connectivity index (χ2v) is 13.8. The van der Waals surface area contributed by atoms with Crippen molar-refractivity contribution in [2.24, 2.45) is 0 Å². The largest absolute Gasteiger partial charge is 0.309 e. The average Bonchev–Trinajstić information content (AvgIpc) is 3.81. The molecule has 4 aromatic heterocycles. The van der Waals surface area contributed by atoms with Crippen LogP contribution in [0.4, 0.5) is 0 Å². The lowest BCUT2D eigenvalue weighted by Crippen LogP contribution is -2.00. The van der Waals surface area contributed by atoms with Gasteiger partial charge >= 0.3 is 0 Å². The molecule has 0 fully saturated rings. The average molecular weight is 642 g/mol. The minimum Gasteiger partial charge on any atom is -0.309 e. The lowest BCUT2D eigenvalue weighted by atomic mass is 9.95. The first-order valence-electron chi connectivity index (χ1n) is 16.6. The molecule has 0 bridgehead atoms. The maximum Gasteiger partial charge on any atom is 0.125 e. The van der Waals surface area contributed by atoms with Crippen molar-refractivity contribution in [1.82, 2.24) is 14.1 Å². The van der Waals surface area contributed by atoms with Crippen LogP contribution in [0.15, 0.2) is 164 Å². The first-order chi connectivity index (χ1) is 24.3. The van der Waals surface area contributed by atoms with Crippen LogP contribution >= 0.6 is 11.3 Å². The Kier molecular flexibility index (Phi) is 5.54. The quantitative estimate of drug-likeness (QED) is 0.188. The fourth-order valence-corrected chi connectivity index (χ4v) is 9.17. The Morgan fingerprint density at radius 1 is 0.408 bits per heavy atom. The van der Waals surface area contributed by atoms with Gasteiger partial charge in [0.05, 0.1) is 27.6 Å². The summed E-state index contributed by atoms with van der Waals surface area (Å²) in [6.07, 6.45) is 0. The molecule has 0 unspecified atom stereocenters. The maximum absolute atomic E-state index is 5.22. The van der Waals surface area contributed by atoms with Crippen molar-refractivity contribution >= 4 is 86.2 Å². The van der Waals surface area contributed by atoms with Gasteiger partial charge < -0.3 is 9.13 Å². The number of rotatable bonds is 3. The summed E-state index contributed by atoms with van der Waals surface area (Å²) in [6.45, 7) is 0. The Morgan fingerprint density at radius 3 is 1.37 bits per heavy atom. The van der Waals surface area contributed by atoms with E-state index in [-0.39, 0.29) is 0 Å². The van der Waals surface area contributed by atoms with Crippen molar-refractivity contribution in [3.63, 3.8) is 0 Å². The van der Waals surface area contributed by atoms with Crippen LogP contribution in [0.3, 0.4) is 0 Å². The van der Waals surface area contributed by atoms with E-state index < -0.39 is 0 Å². The van der Waals surface area contributed by atoms with Crippen LogP contribution in [0.2, 0.25) is 0 Å². The Hall–Kier alpha value is -6.23. The number of hydrogen-bond donors (Lipinski definition) is 0. The molecule has 11 aromatic rings. The van der Waals surface area contributed by atoms with E-state index in [1.807, 2.05) is 0 Å². The van der Waals surface area contributed by atoms with E-state index in [1.54, 1.807) is 11.3 Å². The highest BCUT2D eigenvalue weighted by Gasteiger charge is 2.21. The van der Waals surface area contributed by atoms with Gasteiger partial charge in [-0.25, -0.2) is 4.98 Å². The van der Waals surface area contributed by atoms with Gasteiger partial charge in [0.1, 0.15) is 4.83 Å². The topological polar surface area (TPSA) is 22.8 Å². The third kappa shape index (κ3) is 3.80. The molecule has 0 aliphatic carbocycles. The zero-order valence-corrected chi connectivity index (χ0v) is 27.2. The lowest BCUT2D eigenvalue weighted by Gasteiger charge is -2.17. The lowest BCUT2D eigenvalue weighted by molar-refractivity contribution is 1.14. The van der Waals surface area contributed by atoms with Gasteiger partial charge in [-0.1, -0.05) is 109 Å². The van der Waals surface area contributed by atoms with Crippen molar-refractivity contribution in [3.05, 3.63) is 164 Å². The van der Waals surface area contributed by atoms with Crippen LogP contribution in [-0.2, 0) is 0 Å². The smallest absolute Gasteiger partial charge is 0.125 e. The first kappa shape index (κ1) is 26.8. The molecule has 0 aliphatic rings. The molecule has 4 heterocycles. The summed E-state index contributed by atoms with van der Waals surface area (Å²) in [7, 11) is 0. The molecule has 0 spiro atoms. The van der Waals surface area contributed by atoms with Gasteiger partial charge in [0.25, 0.3) is 0 Å². The van der Waals surface area contributed by atoms with E-state index in [2.05, 4.69) is 173 Å². The number of benzene rings is 7. The Morgan fingerprint density at radius 2 is 0.837 bits per heavy atom. The number of aromatic nitrogens is 3. The standard InChI is InChI=1S/C45H27N3S/c1-7-19-37-35(17-1)43(44-36-18-6-12-24-42(36)49-45(44)46-37)28-25-29(47-38-20-8-2-13-31(38)32-14-3-9-21-39(32)47)27-30(26-28)48-40-22-10-4-15-33(40)34-16-5-11-23-41(34)48/h1-27H. The summed E-state index contributed by atoms with van der Waals surface area (Å²) in [4.78, 5) is 6.28. The molecule has 49 heavy (non-hydrogen) atoms. The summed E-state index contributed by atoms with van der Waals surface area (Å²) < 4.78 is 6.14. The summed E-state index contributed by atoms with van der Waals surface area (Å²) in [5.74, 6) is 0. The Balaban J connectivity index is 1.34. The molecule has 4 heteroatoms. The normalized spacial score (nSPS) is 12.1. The van der Waals surface area contributed by atoms with Gasteiger partial charge in [-0.2, -0.15) is 0 Å². The minimum atomic E-state index is 1.01. The van der Waals surface area contributed by atoms with Crippen molar-refractivity contribution < 1.29 is 0 Å². The van der Waals surface area contributed by atoms with E-state index in [4.69, 9.17) is 4.98 Å². The summed E-state index contributed by atoms with van der Waals surface area (Å²) in [6, 6.07) is 59.6. The zero-order valence-electron chi connectivity index (χ0n) is 26.3. The van der Waals surface area contributed by atoms with Crippen molar-refractivity contribution in [1.29, 1.82) is 0 Å². The highest BCUT2D eigenvalue weighted by molar-refractivity contribution is 7.25. The van der Waals surface area contributed by atoms with E-state index in [0.29, 0.717) is 0 Å². The van der Waals surface area contributed by atoms with Crippen molar-refractivity contribution in [2.45, 2.75) is 0 Å². The molecule has 228 valence electrons. The van der Waals surface area contributed by atoms with Gasteiger partial charge in [-0.3, -0.25) is 0 Å². The first-order valence-corrected chi connectivity index (χ1v) is 17.5. The highest BCUT2D eigenvalue weighted by Crippen LogP contribution is 2.45. The van der Waals surface area contributed by atoms with Crippen LogP contribution in [0, 0.1) is 0 Å². The molecule has 0 N–H and O–H groups in total. The molecule has 0 amide bonds. The third-order valence-corrected chi connectivity index (χ3v) is 11.2. The molecular formula is C45H27N3S. The maximum atomic E-state index is 5.22. The monoisotopic (exact) mass is 641 g/mol. The van der Waals surface area contributed by atoms with Crippen molar-refractivity contribution in [2.75, 3.05) is 0 Å². The fraction of sp³-hybridized carbons (Fsp3) is 0. The van der Waals surface area contributed by atoms with Crippen LogP contribution in [0.25, 0.3) is 97.3 Å². The Labute approximate surface area is 285 Å². The molecule has 7 aromatic carbocycles. The van der Waals surface area contributed by atoms with Crippen LogP contribution < -0.4 is 0 Å². The molecule has 0 saturated carbocycles. The second kappa shape index (κ2) is 10.1. The predicted molar refractivity (Wildman–Crippen MR) is 209 cm³/mol. The number of nitrogens with zero attached hydrogens (tertiary/aromatic N) is 3. The Bertz CT molecular complexity index is 2880. The van der Waals surface area contributed by atoms with Gasteiger partial charge in [-0.05, 0) is 60.2 Å². The third-order valence-electron chi connectivity index (χ3n) is 10.1. The number of thiophene rings is 1. The molecular weight excluding hydrogens is 615 g/mol. The summed E-state index contributed by atoms with van der Waals surface area (Å²) in [5.41, 5.74) is 10.4. The van der Waals surface area contributed by atoms with Gasteiger partial charge in [-0.15, -0.1) is 11.3 Å². The molecule has 0 atom stereocenters. The van der Waals surface area contributed by atoms with Gasteiger partial charge in [0, 0.05) is 59.3 Å². The van der Waals surface area contributed by atoms with Gasteiger partial charge in [0.2, 0.25) is 0 Å². The van der Waals surface area contributed by atoms with Crippen LogP contribution in [0.5, 0.6) is 0 Å². The van der Waals surface area contributed by atoms with Gasteiger partial charge in [0.15, 0.2) is 0 Å².